The van der Waals surface area contributed by atoms with Gasteiger partial charge in [-0.2, -0.15) is 0 Å². The number of aliphatic hydroxyl groups is 1. The van der Waals surface area contributed by atoms with E-state index in [9.17, 15) is 9.90 Å². The van der Waals surface area contributed by atoms with Gasteiger partial charge in [0.2, 0.25) is 0 Å². The van der Waals surface area contributed by atoms with Crippen molar-refractivity contribution in [1.82, 2.24) is 0 Å². The highest BCUT2D eigenvalue weighted by Crippen LogP contribution is 2.22. The van der Waals surface area contributed by atoms with Crippen LogP contribution in [0.2, 0.25) is 0 Å². The van der Waals surface area contributed by atoms with Crippen LogP contribution in [0.4, 0.5) is 0 Å². The Hall–Kier alpha value is -1.35. The fourth-order valence-electron chi connectivity index (χ4n) is 2.37. The molecule has 1 aliphatic carbocycles. The van der Waals surface area contributed by atoms with Crippen LogP contribution >= 0.6 is 0 Å². The molecule has 0 radical (unpaired) electrons. The van der Waals surface area contributed by atoms with Gasteiger partial charge in [0.15, 0.2) is 0 Å². The van der Waals surface area contributed by atoms with E-state index in [0.717, 1.165) is 31.2 Å². The lowest BCUT2D eigenvalue weighted by molar-refractivity contribution is -0.152. The Morgan fingerprint density at radius 2 is 1.89 bits per heavy atom. The van der Waals surface area contributed by atoms with Gasteiger partial charge in [-0.25, -0.2) is 0 Å². The van der Waals surface area contributed by atoms with Gasteiger partial charge < -0.3 is 9.84 Å². The van der Waals surface area contributed by atoms with Crippen LogP contribution < -0.4 is 0 Å². The van der Waals surface area contributed by atoms with Crippen molar-refractivity contribution in [2.75, 3.05) is 0 Å². The van der Waals surface area contributed by atoms with Gasteiger partial charge in [-0.05, 0) is 31.2 Å². The molecule has 18 heavy (non-hydrogen) atoms. The first kappa shape index (κ1) is 13.1. The number of rotatable bonds is 4. The van der Waals surface area contributed by atoms with E-state index >= 15 is 0 Å². The van der Waals surface area contributed by atoms with E-state index in [4.69, 9.17) is 4.74 Å². The predicted molar refractivity (Wildman–Crippen MR) is 69.0 cm³/mol. The standard InChI is InChI=1S/C15H20O3/c16-14(12-7-3-1-4-8-12)11-15(17)18-13-9-5-2-6-10-13/h1,3-4,7-8,13-14,16H,2,5-6,9-11H2/t14-/m0/s1. The number of carbonyl (C=O) groups excluding carboxylic acids is 1. The molecule has 0 bridgehead atoms. The highest BCUT2D eigenvalue weighted by Gasteiger charge is 2.20. The third kappa shape index (κ3) is 3.84. The van der Waals surface area contributed by atoms with E-state index < -0.39 is 6.10 Å². The Balaban J connectivity index is 1.80. The maximum absolute atomic E-state index is 11.7. The van der Waals surface area contributed by atoms with Crippen molar-refractivity contribution in [2.24, 2.45) is 0 Å². The third-order valence-electron chi connectivity index (χ3n) is 3.39. The molecule has 0 aliphatic heterocycles. The molecule has 0 unspecified atom stereocenters. The molecule has 0 amide bonds. The van der Waals surface area contributed by atoms with Crippen molar-refractivity contribution in [1.29, 1.82) is 0 Å². The van der Waals surface area contributed by atoms with E-state index in [1.807, 2.05) is 30.3 Å². The molecular weight excluding hydrogens is 228 g/mol. The van der Waals surface area contributed by atoms with Gasteiger partial charge in [0.05, 0.1) is 12.5 Å². The smallest absolute Gasteiger partial charge is 0.309 e. The summed E-state index contributed by atoms with van der Waals surface area (Å²) in [7, 11) is 0. The van der Waals surface area contributed by atoms with Crippen LogP contribution in [0.25, 0.3) is 0 Å². The number of ether oxygens (including phenoxy) is 1. The maximum atomic E-state index is 11.7. The summed E-state index contributed by atoms with van der Waals surface area (Å²) in [5, 5.41) is 9.92. The second kappa shape index (κ2) is 6.55. The largest absolute Gasteiger partial charge is 0.462 e. The van der Waals surface area contributed by atoms with Crippen molar-refractivity contribution in [2.45, 2.75) is 50.7 Å². The lowest BCUT2D eigenvalue weighted by Crippen LogP contribution is -2.22. The summed E-state index contributed by atoms with van der Waals surface area (Å²) in [5.74, 6) is -0.293. The number of hydrogen-bond donors (Lipinski definition) is 1. The molecule has 0 spiro atoms. The van der Waals surface area contributed by atoms with Gasteiger partial charge in [-0.3, -0.25) is 4.79 Å². The number of carbonyl (C=O) groups is 1. The summed E-state index contributed by atoms with van der Waals surface area (Å²) in [6.45, 7) is 0. The minimum absolute atomic E-state index is 0.0422. The van der Waals surface area contributed by atoms with E-state index in [-0.39, 0.29) is 18.5 Å². The van der Waals surface area contributed by atoms with Gasteiger partial charge in [-0.1, -0.05) is 36.8 Å². The highest BCUT2D eigenvalue weighted by molar-refractivity contribution is 5.70. The normalized spacial score (nSPS) is 18.3. The first-order chi connectivity index (χ1) is 8.75. The highest BCUT2D eigenvalue weighted by atomic mass is 16.5. The molecule has 1 N–H and O–H groups in total. The van der Waals surface area contributed by atoms with Crippen molar-refractivity contribution in [3.63, 3.8) is 0 Å². The number of benzene rings is 1. The van der Waals surface area contributed by atoms with Gasteiger partial charge >= 0.3 is 5.97 Å². The molecule has 3 heteroatoms. The first-order valence-corrected chi connectivity index (χ1v) is 6.68. The maximum Gasteiger partial charge on any atom is 0.309 e. The molecular formula is C15H20O3. The zero-order chi connectivity index (χ0) is 12.8. The average molecular weight is 248 g/mol. The Bertz CT molecular complexity index is 369. The van der Waals surface area contributed by atoms with E-state index in [0.29, 0.717) is 0 Å². The number of hydrogen-bond acceptors (Lipinski definition) is 3. The minimum Gasteiger partial charge on any atom is -0.462 e. The molecule has 1 aromatic carbocycles. The Morgan fingerprint density at radius 1 is 1.22 bits per heavy atom. The molecule has 98 valence electrons. The number of aliphatic hydroxyl groups excluding tert-OH is 1. The van der Waals surface area contributed by atoms with Crippen LogP contribution in [0.1, 0.15) is 50.2 Å². The fourth-order valence-corrected chi connectivity index (χ4v) is 2.37. The molecule has 2 rings (SSSR count). The fraction of sp³-hybridized carbons (Fsp3) is 0.533. The van der Waals surface area contributed by atoms with Gasteiger partial charge in [0.1, 0.15) is 6.10 Å². The Labute approximate surface area is 108 Å². The quantitative estimate of drug-likeness (QED) is 0.833. The van der Waals surface area contributed by atoms with Crippen molar-refractivity contribution >= 4 is 5.97 Å². The van der Waals surface area contributed by atoms with Crippen LogP contribution in [0, 0.1) is 0 Å². The van der Waals surface area contributed by atoms with Crippen LogP contribution in [0.5, 0.6) is 0 Å². The summed E-state index contributed by atoms with van der Waals surface area (Å²) < 4.78 is 5.38. The van der Waals surface area contributed by atoms with E-state index in [1.54, 1.807) is 0 Å². The minimum atomic E-state index is -0.762. The van der Waals surface area contributed by atoms with Crippen LogP contribution in [0.15, 0.2) is 30.3 Å². The molecule has 1 atom stereocenters. The van der Waals surface area contributed by atoms with Crippen LogP contribution in [-0.2, 0) is 9.53 Å². The second-order valence-electron chi connectivity index (χ2n) is 4.88. The predicted octanol–water partition coefficient (Wildman–Crippen LogP) is 2.99. The molecule has 0 aromatic heterocycles. The SMILES string of the molecule is O=C(C[C@H](O)c1ccccc1)OC1CCCCC1. The number of esters is 1. The van der Waals surface area contributed by atoms with Gasteiger partial charge in [-0.15, -0.1) is 0 Å². The first-order valence-electron chi connectivity index (χ1n) is 6.68. The topological polar surface area (TPSA) is 46.5 Å². The van der Waals surface area contributed by atoms with Gasteiger partial charge in [0, 0.05) is 0 Å². The molecule has 0 heterocycles. The van der Waals surface area contributed by atoms with Crippen molar-refractivity contribution < 1.29 is 14.6 Å². The average Bonchev–Trinajstić information content (AvgIpc) is 2.40. The zero-order valence-electron chi connectivity index (χ0n) is 10.5. The van der Waals surface area contributed by atoms with Gasteiger partial charge in [0.25, 0.3) is 0 Å². The van der Waals surface area contributed by atoms with Crippen molar-refractivity contribution in [3.05, 3.63) is 35.9 Å². The lowest BCUT2D eigenvalue weighted by atomic mass is 9.98. The van der Waals surface area contributed by atoms with Crippen molar-refractivity contribution in [3.8, 4) is 0 Å². The van der Waals surface area contributed by atoms with E-state index in [1.165, 1.54) is 6.42 Å². The Morgan fingerprint density at radius 3 is 2.56 bits per heavy atom. The van der Waals surface area contributed by atoms with Crippen LogP contribution in [-0.4, -0.2) is 17.2 Å². The third-order valence-corrected chi connectivity index (χ3v) is 3.39. The molecule has 1 fully saturated rings. The summed E-state index contributed by atoms with van der Waals surface area (Å²) in [5.41, 5.74) is 0.762. The van der Waals surface area contributed by atoms with Crippen LogP contribution in [0.3, 0.4) is 0 Å². The lowest BCUT2D eigenvalue weighted by Gasteiger charge is -2.22. The summed E-state index contributed by atoms with van der Waals surface area (Å²) in [4.78, 5) is 11.7. The molecule has 1 saturated carbocycles. The zero-order valence-corrected chi connectivity index (χ0v) is 10.5. The molecule has 1 aliphatic rings. The summed E-state index contributed by atoms with van der Waals surface area (Å²) in [6.07, 6.45) is 4.79. The Kier molecular flexibility index (Phi) is 4.76. The second-order valence-corrected chi connectivity index (χ2v) is 4.88. The van der Waals surface area contributed by atoms with E-state index in [2.05, 4.69) is 0 Å². The molecule has 3 nitrogen and oxygen atoms in total. The summed E-state index contributed by atoms with van der Waals surface area (Å²) >= 11 is 0. The molecule has 1 aromatic rings. The molecule has 0 saturated heterocycles. The summed E-state index contributed by atoms with van der Waals surface area (Å²) in [6, 6.07) is 9.23. The monoisotopic (exact) mass is 248 g/mol.